The smallest absolute Gasteiger partial charge is 0.325 e. The van der Waals surface area contributed by atoms with Gasteiger partial charge < -0.3 is 15.4 Å². The van der Waals surface area contributed by atoms with Crippen molar-refractivity contribution < 1.29 is 19.1 Å². The molecule has 31 heavy (non-hydrogen) atoms. The van der Waals surface area contributed by atoms with Gasteiger partial charge in [0.25, 0.3) is 5.91 Å². The molecular formula is C24H29N3O4. The number of imide groups is 1. The van der Waals surface area contributed by atoms with Crippen LogP contribution in [-0.4, -0.2) is 36.4 Å². The van der Waals surface area contributed by atoms with Gasteiger partial charge in [-0.3, -0.25) is 14.5 Å². The Kier molecular flexibility index (Phi) is 6.95. The highest BCUT2D eigenvalue weighted by atomic mass is 16.5. The lowest BCUT2D eigenvalue weighted by atomic mass is 9.87. The summed E-state index contributed by atoms with van der Waals surface area (Å²) >= 11 is 0. The lowest BCUT2D eigenvalue weighted by Gasteiger charge is -2.26. The second-order valence-corrected chi connectivity index (χ2v) is 7.66. The van der Waals surface area contributed by atoms with Gasteiger partial charge in [-0.05, 0) is 54.7 Å². The van der Waals surface area contributed by atoms with E-state index >= 15 is 0 Å². The van der Waals surface area contributed by atoms with Crippen LogP contribution in [0.4, 0.5) is 10.5 Å². The Labute approximate surface area is 182 Å². The molecule has 1 atom stereocenters. The van der Waals surface area contributed by atoms with Gasteiger partial charge in [0, 0.05) is 5.69 Å². The van der Waals surface area contributed by atoms with Crippen molar-refractivity contribution in [2.24, 2.45) is 0 Å². The zero-order valence-corrected chi connectivity index (χ0v) is 18.2. The minimum atomic E-state index is -1.19. The molecule has 1 fully saturated rings. The van der Waals surface area contributed by atoms with E-state index in [2.05, 4.69) is 17.6 Å². The van der Waals surface area contributed by atoms with Gasteiger partial charge >= 0.3 is 6.03 Å². The molecular weight excluding hydrogens is 394 g/mol. The van der Waals surface area contributed by atoms with Crippen LogP contribution in [0.1, 0.15) is 44.2 Å². The van der Waals surface area contributed by atoms with Crippen LogP contribution in [0.2, 0.25) is 0 Å². The maximum atomic E-state index is 13.2. The number of rotatable bonds is 9. The van der Waals surface area contributed by atoms with Crippen molar-refractivity contribution in [3.63, 3.8) is 0 Å². The highest BCUT2D eigenvalue weighted by Crippen LogP contribution is 2.33. The van der Waals surface area contributed by atoms with Crippen molar-refractivity contribution in [1.29, 1.82) is 0 Å². The number of urea groups is 1. The van der Waals surface area contributed by atoms with E-state index in [9.17, 15) is 14.4 Å². The fourth-order valence-electron chi connectivity index (χ4n) is 3.76. The highest BCUT2D eigenvalue weighted by Gasteiger charge is 2.51. The Balaban J connectivity index is 1.69. The van der Waals surface area contributed by atoms with Gasteiger partial charge in [-0.15, -0.1) is 0 Å². The third-order valence-corrected chi connectivity index (χ3v) is 5.65. The molecule has 0 spiro atoms. The molecule has 7 heteroatoms. The molecule has 1 saturated heterocycles. The number of nitrogens with zero attached hydrogens (tertiary/aromatic N) is 1. The summed E-state index contributed by atoms with van der Waals surface area (Å²) in [4.78, 5) is 39.3. The van der Waals surface area contributed by atoms with Gasteiger partial charge in [-0.25, -0.2) is 4.79 Å². The number of aryl methyl sites for hydroxylation is 1. The monoisotopic (exact) mass is 423 g/mol. The van der Waals surface area contributed by atoms with E-state index in [1.54, 1.807) is 31.4 Å². The number of hydrogen-bond acceptors (Lipinski definition) is 4. The maximum Gasteiger partial charge on any atom is 0.325 e. The molecule has 1 aliphatic rings. The summed E-state index contributed by atoms with van der Waals surface area (Å²) in [7, 11) is 1.56. The number of carbonyl (C=O) groups is 3. The molecule has 1 aliphatic heterocycles. The fraction of sp³-hybridized carbons (Fsp3) is 0.375. The number of hydrogen-bond donors (Lipinski definition) is 2. The van der Waals surface area contributed by atoms with Crippen LogP contribution >= 0.6 is 0 Å². The lowest BCUT2D eigenvalue weighted by Crippen LogP contribution is -2.44. The van der Waals surface area contributed by atoms with E-state index in [1.165, 1.54) is 5.56 Å². The zero-order chi connectivity index (χ0) is 22.4. The van der Waals surface area contributed by atoms with Crippen LogP contribution in [0.3, 0.4) is 0 Å². The summed E-state index contributed by atoms with van der Waals surface area (Å²) in [5.41, 5.74) is 1.31. The normalized spacial score (nSPS) is 18.1. The third kappa shape index (κ3) is 4.71. The summed E-state index contributed by atoms with van der Waals surface area (Å²) in [5, 5.41) is 5.55. The van der Waals surface area contributed by atoms with Crippen molar-refractivity contribution in [3.8, 4) is 5.75 Å². The van der Waals surface area contributed by atoms with Gasteiger partial charge in [0.15, 0.2) is 0 Å². The van der Waals surface area contributed by atoms with Gasteiger partial charge in [-0.2, -0.15) is 0 Å². The molecule has 0 unspecified atom stereocenters. The van der Waals surface area contributed by atoms with Crippen molar-refractivity contribution in [3.05, 3.63) is 59.7 Å². The Hall–Kier alpha value is -3.35. The zero-order valence-electron chi connectivity index (χ0n) is 18.2. The molecule has 0 radical (unpaired) electrons. The van der Waals surface area contributed by atoms with E-state index in [0.717, 1.165) is 24.2 Å². The molecule has 4 amide bonds. The summed E-state index contributed by atoms with van der Waals surface area (Å²) in [6.07, 6.45) is 3.60. The van der Waals surface area contributed by atoms with E-state index in [0.29, 0.717) is 23.4 Å². The van der Waals surface area contributed by atoms with Crippen molar-refractivity contribution in [2.45, 2.75) is 45.1 Å². The number of methoxy groups -OCH3 is 1. The maximum absolute atomic E-state index is 13.2. The van der Waals surface area contributed by atoms with Gasteiger partial charge in [0.2, 0.25) is 5.91 Å². The molecule has 3 rings (SSSR count). The Morgan fingerprint density at radius 3 is 2.32 bits per heavy atom. The largest absolute Gasteiger partial charge is 0.497 e. The summed E-state index contributed by atoms with van der Waals surface area (Å²) in [6.45, 7) is 3.62. The lowest BCUT2D eigenvalue weighted by molar-refractivity contribution is -0.134. The SMILES string of the molecule is CCCCc1ccc(NC(=O)CN2C(=O)N[C@](CC)(c3ccc(OC)cc3)C2=O)cc1. The quantitative estimate of drug-likeness (QED) is 0.600. The predicted molar refractivity (Wildman–Crippen MR) is 119 cm³/mol. The molecule has 0 saturated carbocycles. The first kappa shape index (κ1) is 22.3. The molecule has 164 valence electrons. The number of carbonyl (C=O) groups excluding carboxylic acids is 3. The average Bonchev–Trinajstić information content (AvgIpc) is 3.03. The average molecular weight is 424 g/mol. The minimum absolute atomic E-state index is 0.347. The summed E-state index contributed by atoms with van der Waals surface area (Å²) < 4.78 is 5.17. The first-order chi connectivity index (χ1) is 14.9. The van der Waals surface area contributed by atoms with Crippen LogP contribution in [0, 0.1) is 0 Å². The van der Waals surface area contributed by atoms with E-state index in [4.69, 9.17) is 4.74 Å². The van der Waals surface area contributed by atoms with E-state index < -0.39 is 23.4 Å². The molecule has 0 bridgehead atoms. The summed E-state index contributed by atoms with van der Waals surface area (Å²) in [6, 6.07) is 14.0. The molecule has 2 aromatic rings. The molecule has 0 aliphatic carbocycles. The van der Waals surface area contributed by atoms with E-state index in [-0.39, 0.29) is 6.54 Å². The molecule has 0 aromatic heterocycles. The van der Waals surface area contributed by atoms with E-state index in [1.807, 2.05) is 31.2 Å². The number of benzene rings is 2. The van der Waals surface area contributed by atoms with Crippen molar-refractivity contribution in [2.75, 3.05) is 19.0 Å². The van der Waals surface area contributed by atoms with Crippen LogP contribution in [0.15, 0.2) is 48.5 Å². The number of anilines is 1. The third-order valence-electron chi connectivity index (χ3n) is 5.65. The topological polar surface area (TPSA) is 87.7 Å². The number of amides is 4. The first-order valence-electron chi connectivity index (χ1n) is 10.6. The highest BCUT2D eigenvalue weighted by molar-refractivity contribution is 6.10. The van der Waals surface area contributed by atoms with Crippen LogP contribution in [-0.2, 0) is 21.5 Å². The van der Waals surface area contributed by atoms with Crippen molar-refractivity contribution >= 4 is 23.5 Å². The number of unbranched alkanes of at least 4 members (excludes halogenated alkanes) is 1. The molecule has 2 N–H and O–H groups in total. The molecule has 2 aromatic carbocycles. The second kappa shape index (κ2) is 9.64. The fourth-order valence-corrected chi connectivity index (χ4v) is 3.76. The molecule has 7 nitrogen and oxygen atoms in total. The Bertz CT molecular complexity index is 940. The molecule has 1 heterocycles. The van der Waals surface area contributed by atoms with Gasteiger partial charge in [0.1, 0.15) is 17.8 Å². The second-order valence-electron chi connectivity index (χ2n) is 7.66. The van der Waals surface area contributed by atoms with Crippen molar-refractivity contribution in [1.82, 2.24) is 10.2 Å². The van der Waals surface area contributed by atoms with Gasteiger partial charge in [-0.1, -0.05) is 44.5 Å². The Morgan fingerprint density at radius 1 is 1.06 bits per heavy atom. The van der Waals surface area contributed by atoms with Gasteiger partial charge in [0.05, 0.1) is 7.11 Å². The minimum Gasteiger partial charge on any atom is -0.497 e. The standard InChI is InChI=1S/C24H29N3O4/c1-4-6-7-17-8-12-19(13-9-17)25-21(28)16-27-22(29)24(5-2,26-23(27)30)18-10-14-20(31-3)15-11-18/h8-15H,4-7,16H2,1-3H3,(H,25,28)(H,26,30)/t24-/m1/s1. The Morgan fingerprint density at radius 2 is 1.74 bits per heavy atom. The first-order valence-corrected chi connectivity index (χ1v) is 10.6. The summed E-state index contributed by atoms with van der Waals surface area (Å²) in [5.74, 6) is -0.203. The number of nitrogens with one attached hydrogen (secondary N) is 2. The van der Waals surface area contributed by atoms with Crippen LogP contribution < -0.4 is 15.4 Å². The van der Waals surface area contributed by atoms with Crippen LogP contribution in [0.5, 0.6) is 5.75 Å². The number of ether oxygens (including phenoxy) is 1. The predicted octanol–water partition coefficient (Wildman–Crippen LogP) is 3.83. The van der Waals surface area contributed by atoms with Crippen LogP contribution in [0.25, 0.3) is 0 Å².